The number of carbonyl (C=O) groups excluding carboxylic acids is 1. The number of rotatable bonds is 4. The highest BCUT2D eigenvalue weighted by Crippen LogP contribution is 2.07. The highest BCUT2D eigenvalue weighted by atomic mass is 16.5. The molecule has 3 N–H and O–H groups in total. The molecule has 0 aromatic carbocycles. The summed E-state index contributed by atoms with van der Waals surface area (Å²) in [5.41, 5.74) is 5.57. The highest BCUT2D eigenvalue weighted by molar-refractivity contribution is 5.36. The third kappa shape index (κ3) is 1.89. The molecule has 64 valence electrons. The molecule has 1 aliphatic heterocycles. The molecule has 1 aliphatic rings. The minimum atomic E-state index is -0.0831. The van der Waals surface area contributed by atoms with E-state index in [9.17, 15) is 4.79 Å². The third-order valence-electron chi connectivity index (χ3n) is 1.80. The predicted molar refractivity (Wildman–Crippen MR) is 39.3 cm³/mol. The zero-order valence-electron chi connectivity index (χ0n) is 6.49. The van der Waals surface area contributed by atoms with E-state index in [1.165, 1.54) is 0 Å². The van der Waals surface area contributed by atoms with Crippen LogP contribution in [0.15, 0.2) is 0 Å². The van der Waals surface area contributed by atoms with Gasteiger partial charge in [-0.1, -0.05) is 0 Å². The molecule has 0 saturated carbocycles. The number of nitrogens with one attached hydrogen (secondary N) is 1. The second-order valence-corrected chi connectivity index (χ2v) is 2.49. The van der Waals surface area contributed by atoms with Crippen LogP contribution in [0.4, 0.5) is 0 Å². The van der Waals surface area contributed by atoms with Gasteiger partial charge in [0, 0.05) is 6.54 Å². The van der Waals surface area contributed by atoms with Gasteiger partial charge in [0.05, 0.1) is 6.17 Å². The van der Waals surface area contributed by atoms with Crippen molar-refractivity contribution >= 4 is 6.47 Å². The fourth-order valence-corrected chi connectivity index (χ4v) is 1.14. The van der Waals surface area contributed by atoms with Gasteiger partial charge in [0.15, 0.2) is 0 Å². The SMILES string of the molecule is CC1NC(N)N1CCOC=O. The number of ether oxygens (including phenoxy) is 1. The zero-order chi connectivity index (χ0) is 8.27. The van der Waals surface area contributed by atoms with E-state index in [0.717, 1.165) is 0 Å². The average molecular weight is 159 g/mol. The van der Waals surface area contributed by atoms with E-state index in [-0.39, 0.29) is 6.29 Å². The molecule has 2 atom stereocenters. The lowest BCUT2D eigenvalue weighted by molar-refractivity contribution is -0.130. The minimum absolute atomic E-state index is 0.0831. The van der Waals surface area contributed by atoms with E-state index < -0.39 is 0 Å². The number of hydrogen-bond acceptors (Lipinski definition) is 5. The van der Waals surface area contributed by atoms with Gasteiger partial charge in [0.25, 0.3) is 6.47 Å². The first-order chi connectivity index (χ1) is 5.25. The van der Waals surface area contributed by atoms with Gasteiger partial charge in [-0.25, -0.2) is 0 Å². The Morgan fingerprint density at radius 1 is 1.82 bits per heavy atom. The van der Waals surface area contributed by atoms with Gasteiger partial charge in [-0.3, -0.25) is 15.0 Å². The Balaban J connectivity index is 2.10. The average Bonchev–Trinajstić information content (AvgIpc) is 1.98. The zero-order valence-corrected chi connectivity index (χ0v) is 6.49. The molecule has 0 aliphatic carbocycles. The smallest absolute Gasteiger partial charge is 0.293 e. The topological polar surface area (TPSA) is 67.6 Å². The summed E-state index contributed by atoms with van der Waals surface area (Å²) in [4.78, 5) is 11.8. The first-order valence-corrected chi connectivity index (χ1v) is 3.58. The fourth-order valence-electron chi connectivity index (χ4n) is 1.14. The van der Waals surface area contributed by atoms with Crippen molar-refractivity contribution in [3.05, 3.63) is 0 Å². The maximum absolute atomic E-state index is 9.77. The molecule has 1 fully saturated rings. The van der Waals surface area contributed by atoms with Crippen LogP contribution in [-0.2, 0) is 9.53 Å². The van der Waals surface area contributed by atoms with Gasteiger partial charge in [-0.15, -0.1) is 0 Å². The molecule has 1 saturated heterocycles. The number of nitrogens with zero attached hydrogens (tertiary/aromatic N) is 1. The second kappa shape index (κ2) is 3.66. The van der Waals surface area contributed by atoms with Crippen LogP contribution < -0.4 is 11.1 Å². The Morgan fingerprint density at radius 2 is 2.55 bits per heavy atom. The van der Waals surface area contributed by atoms with Crippen LogP contribution in [0.5, 0.6) is 0 Å². The standard InChI is InChI=1S/C6H13N3O2/c1-5-8-6(7)9(5)2-3-11-4-10/h4-6,8H,2-3,7H2,1H3. The maximum Gasteiger partial charge on any atom is 0.293 e. The number of carbonyl (C=O) groups is 1. The van der Waals surface area contributed by atoms with Crippen LogP contribution in [0.2, 0.25) is 0 Å². The molecule has 0 radical (unpaired) electrons. The second-order valence-electron chi connectivity index (χ2n) is 2.49. The lowest BCUT2D eigenvalue weighted by Crippen LogP contribution is -2.72. The van der Waals surface area contributed by atoms with Gasteiger partial charge < -0.3 is 10.5 Å². The van der Waals surface area contributed by atoms with Crippen LogP contribution in [-0.4, -0.2) is 37.0 Å². The van der Waals surface area contributed by atoms with E-state index in [2.05, 4.69) is 10.1 Å². The summed E-state index contributed by atoms with van der Waals surface area (Å²) < 4.78 is 4.53. The summed E-state index contributed by atoms with van der Waals surface area (Å²) >= 11 is 0. The maximum atomic E-state index is 9.77. The largest absolute Gasteiger partial charge is 0.467 e. The van der Waals surface area contributed by atoms with Crippen molar-refractivity contribution in [3.8, 4) is 0 Å². The van der Waals surface area contributed by atoms with Crippen molar-refractivity contribution in [2.75, 3.05) is 13.2 Å². The predicted octanol–water partition coefficient (Wildman–Crippen LogP) is -1.35. The summed E-state index contributed by atoms with van der Waals surface area (Å²) in [6.07, 6.45) is 0.209. The Hall–Kier alpha value is -0.650. The van der Waals surface area contributed by atoms with E-state index in [0.29, 0.717) is 25.8 Å². The molecule has 5 nitrogen and oxygen atoms in total. The summed E-state index contributed by atoms with van der Waals surface area (Å²) in [5.74, 6) is 0. The Morgan fingerprint density at radius 3 is 3.00 bits per heavy atom. The lowest BCUT2D eigenvalue weighted by Gasteiger charge is -2.45. The van der Waals surface area contributed by atoms with Crippen molar-refractivity contribution in [2.24, 2.45) is 5.73 Å². The molecule has 0 aromatic heterocycles. The Kier molecular flexibility index (Phi) is 2.81. The fraction of sp³-hybridized carbons (Fsp3) is 0.833. The lowest BCUT2D eigenvalue weighted by atomic mass is 10.3. The van der Waals surface area contributed by atoms with Crippen LogP contribution >= 0.6 is 0 Å². The molecule has 5 heteroatoms. The number of hydrogen-bond donors (Lipinski definition) is 2. The first kappa shape index (κ1) is 8.45. The summed E-state index contributed by atoms with van der Waals surface area (Å²) in [5, 5.41) is 3.04. The first-order valence-electron chi connectivity index (χ1n) is 3.58. The summed E-state index contributed by atoms with van der Waals surface area (Å²) in [6, 6.07) is 0. The molecule has 0 aromatic rings. The molecule has 0 amide bonds. The monoisotopic (exact) mass is 159 g/mol. The van der Waals surface area contributed by atoms with Crippen LogP contribution in [0, 0.1) is 0 Å². The minimum Gasteiger partial charge on any atom is -0.467 e. The Bertz CT molecular complexity index is 134. The third-order valence-corrected chi connectivity index (χ3v) is 1.80. The van der Waals surface area contributed by atoms with Crippen molar-refractivity contribution in [1.82, 2.24) is 10.2 Å². The van der Waals surface area contributed by atoms with E-state index >= 15 is 0 Å². The molecular formula is C6H13N3O2. The van der Waals surface area contributed by atoms with Crippen LogP contribution in [0.1, 0.15) is 6.92 Å². The van der Waals surface area contributed by atoms with Gasteiger partial charge in [-0.2, -0.15) is 0 Å². The molecule has 11 heavy (non-hydrogen) atoms. The van der Waals surface area contributed by atoms with Crippen molar-refractivity contribution in [2.45, 2.75) is 19.4 Å². The highest BCUT2D eigenvalue weighted by Gasteiger charge is 2.30. The number of nitrogens with two attached hydrogens (primary N) is 1. The molecule has 0 bridgehead atoms. The quantitative estimate of drug-likeness (QED) is 0.392. The van der Waals surface area contributed by atoms with E-state index in [1.807, 2.05) is 11.8 Å². The molecule has 0 spiro atoms. The van der Waals surface area contributed by atoms with Crippen molar-refractivity contribution in [3.63, 3.8) is 0 Å². The van der Waals surface area contributed by atoms with Gasteiger partial charge in [0.2, 0.25) is 0 Å². The summed E-state index contributed by atoms with van der Waals surface area (Å²) in [7, 11) is 0. The van der Waals surface area contributed by atoms with Gasteiger partial charge in [-0.05, 0) is 6.92 Å². The van der Waals surface area contributed by atoms with Crippen molar-refractivity contribution in [1.29, 1.82) is 0 Å². The Labute approximate surface area is 65.5 Å². The van der Waals surface area contributed by atoms with Crippen LogP contribution in [0.3, 0.4) is 0 Å². The molecule has 1 rings (SSSR count). The molecule has 2 unspecified atom stereocenters. The summed E-state index contributed by atoms with van der Waals surface area (Å²) in [6.45, 7) is 3.55. The van der Waals surface area contributed by atoms with Gasteiger partial charge >= 0.3 is 0 Å². The molecule has 1 heterocycles. The van der Waals surface area contributed by atoms with E-state index in [4.69, 9.17) is 5.73 Å². The molecular weight excluding hydrogens is 146 g/mol. The van der Waals surface area contributed by atoms with Crippen LogP contribution in [0.25, 0.3) is 0 Å². The van der Waals surface area contributed by atoms with Gasteiger partial charge in [0.1, 0.15) is 12.9 Å². The van der Waals surface area contributed by atoms with E-state index in [1.54, 1.807) is 0 Å². The normalized spacial score (nSPS) is 31.1. The van der Waals surface area contributed by atoms with Crippen molar-refractivity contribution < 1.29 is 9.53 Å².